The Bertz CT molecular complexity index is 1130. The Morgan fingerprint density at radius 2 is 1.96 bits per heavy atom. The molecule has 0 aliphatic heterocycles. The predicted molar refractivity (Wildman–Crippen MR) is 91.7 cm³/mol. The molecular weight excluding hydrogens is 320 g/mol. The van der Waals surface area contributed by atoms with Crippen molar-refractivity contribution in [3.63, 3.8) is 0 Å². The number of carbonyl (C=O) groups excluding carboxylic acids is 1. The quantitative estimate of drug-likeness (QED) is 0.579. The predicted octanol–water partition coefficient (Wildman–Crippen LogP) is 0.984. The number of aromatic amines is 1. The number of carbonyl (C=O) groups is 1. The second kappa shape index (κ2) is 6.16. The average molecular weight is 334 g/mol. The van der Waals surface area contributed by atoms with Crippen LogP contribution in [0, 0.1) is 0 Å². The molecule has 0 spiro atoms. The summed E-state index contributed by atoms with van der Waals surface area (Å²) in [4.78, 5) is 32.9. The van der Waals surface area contributed by atoms with Crippen molar-refractivity contribution in [2.24, 2.45) is 0 Å². The summed E-state index contributed by atoms with van der Waals surface area (Å²) in [5.41, 5.74) is 1.74. The number of hydrogen-bond acceptors (Lipinski definition) is 5. The van der Waals surface area contributed by atoms with E-state index < -0.39 is 0 Å². The van der Waals surface area contributed by atoms with Crippen molar-refractivity contribution in [3.05, 3.63) is 65.0 Å². The second-order valence-corrected chi connectivity index (χ2v) is 5.55. The van der Waals surface area contributed by atoms with Gasteiger partial charge in [-0.2, -0.15) is 5.10 Å². The van der Waals surface area contributed by atoms with Crippen molar-refractivity contribution in [3.8, 4) is 0 Å². The first kappa shape index (κ1) is 15.0. The molecule has 0 aliphatic carbocycles. The summed E-state index contributed by atoms with van der Waals surface area (Å²) in [5.74, 6) is -0.286. The van der Waals surface area contributed by atoms with Gasteiger partial charge >= 0.3 is 0 Å². The summed E-state index contributed by atoms with van der Waals surface area (Å²) in [6.45, 7) is 0.178. The fourth-order valence-corrected chi connectivity index (χ4v) is 2.65. The Balaban J connectivity index is 1.49. The van der Waals surface area contributed by atoms with Crippen molar-refractivity contribution in [2.75, 3.05) is 0 Å². The molecule has 0 aliphatic rings. The molecule has 1 aromatic carbocycles. The van der Waals surface area contributed by atoms with Crippen LogP contribution in [0.2, 0.25) is 0 Å². The lowest BCUT2D eigenvalue weighted by molar-refractivity contribution is -0.121. The lowest BCUT2D eigenvalue weighted by atomic mass is 10.2. The van der Waals surface area contributed by atoms with E-state index in [9.17, 15) is 9.59 Å². The van der Waals surface area contributed by atoms with Crippen molar-refractivity contribution in [2.45, 2.75) is 13.1 Å². The number of H-pyrrole nitrogens is 1. The largest absolute Gasteiger partial charge is 0.349 e. The van der Waals surface area contributed by atoms with Gasteiger partial charge in [-0.3, -0.25) is 19.3 Å². The minimum Gasteiger partial charge on any atom is -0.349 e. The molecule has 25 heavy (non-hydrogen) atoms. The molecule has 0 fully saturated rings. The molecule has 124 valence electrons. The van der Waals surface area contributed by atoms with Gasteiger partial charge in [-0.1, -0.05) is 12.1 Å². The van der Waals surface area contributed by atoms with Crippen LogP contribution < -0.4 is 10.9 Å². The smallest absolute Gasteiger partial charge is 0.261 e. The van der Waals surface area contributed by atoms with Crippen molar-refractivity contribution in [1.29, 1.82) is 0 Å². The third kappa shape index (κ3) is 2.85. The number of amides is 1. The number of fused-ring (bicyclic) bond motifs is 2. The summed E-state index contributed by atoms with van der Waals surface area (Å²) in [5, 5.41) is 11.1. The van der Waals surface area contributed by atoms with Gasteiger partial charge in [0.15, 0.2) is 5.65 Å². The molecule has 8 nitrogen and oxygen atoms in total. The highest BCUT2D eigenvalue weighted by molar-refractivity contribution is 5.80. The molecule has 1 amide bonds. The summed E-state index contributed by atoms with van der Waals surface area (Å²) < 4.78 is 1.30. The number of nitrogens with one attached hydrogen (secondary N) is 2. The molecule has 0 radical (unpaired) electrons. The highest BCUT2D eigenvalue weighted by atomic mass is 16.2. The molecule has 4 rings (SSSR count). The van der Waals surface area contributed by atoms with Gasteiger partial charge in [0.1, 0.15) is 6.54 Å². The van der Waals surface area contributed by atoms with Gasteiger partial charge in [0.25, 0.3) is 5.56 Å². The fraction of sp³-hybridized carbons (Fsp3) is 0.118. The van der Waals surface area contributed by atoms with E-state index >= 15 is 0 Å². The standard InChI is InChI=1S/C17H14N6O2/c24-15(19-8-14-11-5-3-7-18-16(11)22-21-14)9-23-10-20-13-6-2-1-4-12(13)17(23)25/h1-7,10H,8-9H2,(H,19,24)(H,18,21,22). The lowest BCUT2D eigenvalue weighted by Crippen LogP contribution is -2.32. The number of hydrogen-bond donors (Lipinski definition) is 2. The number of benzene rings is 1. The minimum atomic E-state index is -0.286. The lowest BCUT2D eigenvalue weighted by Gasteiger charge is -2.07. The third-order valence-corrected chi connectivity index (χ3v) is 3.92. The minimum absolute atomic E-state index is 0.0962. The van der Waals surface area contributed by atoms with E-state index in [0.717, 1.165) is 11.1 Å². The van der Waals surface area contributed by atoms with E-state index in [-0.39, 0.29) is 24.6 Å². The Labute approximate surface area is 141 Å². The van der Waals surface area contributed by atoms with E-state index in [2.05, 4.69) is 25.5 Å². The van der Waals surface area contributed by atoms with Gasteiger partial charge in [0.2, 0.25) is 5.91 Å². The Morgan fingerprint density at radius 3 is 2.88 bits per heavy atom. The van der Waals surface area contributed by atoms with E-state index in [0.29, 0.717) is 16.6 Å². The monoisotopic (exact) mass is 334 g/mol. The zero-order chi connectivity index (χ0) is 17.2. The van der Waals surface area contributed by atoms with Crippen LogP contribution in [0.1, 0.15) is 5.69 Å². The first-order chi connectivity index (χ1) is 12.2. The van der Waals surface area contributed by atoms with Crippen LogP contribution in [-0.4, -0.2) is 30.6 Å². The molecule has 0 bridgehead atoms. The zero-order valence-electron chi connectivity index (χ0n) is 13.1. The molecule has 0 atom stereocenters. The van der Waals surface area contributed by atoms with Crippen molar-refractivity contribution >= 4 is 27.8 Å². The van der Waals surface area contributed by atoms with E-state index in [1.54, 1.807) is 24.4 Å². The molecule has 3 aromatic heterocycles. The molecule has 8 heteroatoms. The average Bonchev–Trinajstić information content (AvgIpc) is 3.06. The van der Waals surface area contributed by atoms with E-state index in [1.807, 2.05) is 18.2 Å². The molecule has 2 N–H and O–H groups in total. The number of para-hydroxylation sites is 1. The van der Waals surface area contributed by atoms with Crippen LogP contribution in [0.4, 0.5) is 0 Å². The molecule has 3 heterocycles. The van der Waals surface area contributed by atoms with Gasteiger partial charge in [0.05, 0.1) is 29.5 Å². The van der Waals surface area contributed by atoms with Crippen molar-refractivity contribution < 1.29 is 4.79 Å². The number of nitrogens with zero attached hydrogens (tertiary/aromatic N) is 4. The highest BCUT2D eigenvalue weighted by Crippen LogP contribution is 2.12. The highest BCUT2D eigenvalue weighted by Gasteiger charge is 2.10. The van der Waals surface area contributed by atoms with Gasteiger partial charge in [-0.05, 0) is 24.3 Å². The van der Waals surface area contributed by atoms with Gasteiger partial charge in [0, 0.05) is 11.6 Å². The van der Waals surface area contributed by atoms with Gasteiger partial charge in [-0.15, -0.1) is 0 Å². The second-order valence-electron chi connectivity index (χ2n) is 5.55. The first-order valence-electron chi connectivity index (χ1n) is 7.71. The topological polar surface area (TPSA) is 106 Å². The van der Waals surface area contributed by atoms with Gasteiger partial charge in [-0.25, -0.2) is 9.97 Å². The summed E-state index contributed by atoms with van der Waals surface area (Å²) in [6.07, 6.45) is 3.05. The maximum absolute atomic E-state index is 12.4. The maximum Gasteiger partial charge on any atom is 0.261 e. The summed E-state index contributed by atoms with van der Waals surface area (Å²) >= 11 is 0. The molecule has 0 unspecified atom stereocenters. The first-order valence-corrected chi connectivity index (χ1v) is 7.71. The summed E-state index contributed by atoms with van der Waals surface area (Å²) in [6, 6.07) is 10.7. The van der Waals surface area contributed by atoms with E-state index in [4.69, 9.17) is 0 Å². The maximum atomic E-state index is 12.4. The third-order valence-electron chi connectivity index (χ3n) is 3.92. The van der Waals surface area contributed by atoms with Crippen LogP contribution in [0.5, 0.6) is 0 Å². The summed E-state index contributed by atoms with van der Waals surface area (Å²) in [7, 11) is 0. The SMILES string of the molecule is O=C(Cn1cnc2ccccc2c1=O)NCc1[nH]nc2ncccc12. The molecule has 0 saturated heterocycles. The van der Waals surface area contributed by atoms with Crippen LogP contribution in [0.25, 0.3) is 21.9 Å². The van der Waals surface area contributed by atoms with Crippen LogP contribution in [-0.2, 0) is 17.9 Å². The van der Waals surface area contributed by atoms with E-state index in [1.165, 1.54) is 10.9 Å². The molecule has 0 saturated carbocycles. The Morgan fingerprint density at radius 1 is 1.12 bits per heavy atom. The fourth-order valence-electron chi connectivity index (χ4n) is 2.65. The van der Waals surface area contributed by atoms with Crippen LogP contribution >= 0.6 is 0 Å². The van der Waals surface area contributed by atoms with Crippen molar-refractivity contribution in [1.82, 2.24) is 30.0 Å². The van der Waals surface area contributed by atoms with Crippen LogP contribution in [0.3, 0.4) is 0 Å². The number of pyridine rings is 1. The number of aromatic nitrogens is 5. The Hall–Kier alpha value is -3.55. The zero-order valence-corrected chi connectivity index (χ0v) is 13.1. The normalized spacial score (nSPS) is 11.0. The molecular formula is C17H14N6O2. The van der Waals surface area contributed by atoms with Crippen LogP contribution in [0.15, 0.2) is 53.7 Å². The van der Waals surface area contributed by atoms with Gasteiger partial charge < -0.3 is 5.32 Å². The molecule has 4 aromatic rings. The number of rotatable bonds is 4. The Kier molecular flexibility index (Phi) is 3.70.